The molecule has 0 aliphatic rings. The van der Waals surface area contributed by atoms with E-state index < -0.39 is 0 Å². The van der Waals surface area contributed by atoms with E-state index in [0.29, 0.717) is 17.2 Å². The van der Waals surface area contributed by atoms with E-state index >= 15 is 0 Å². The SMILES string of the molecule is OCc1cc(-c2cc3ccccc3o2)on1. The van der Waals surface area contributed by atoms with Crippen molar-refractivity contribution in [1.29, 1.82) is 0 Å². The third-order valence-corrected chi connectivity index (χ3v) is 2.39. The van der Waals surface area contributed by atoms with Crippen LogP contribution in [0.4, 0.5) is 0 Å². The van der Waals surface area contributed by atoms with Gasteiger partial charge < -0.3 is 14.0 Å². The second-order valence-corrected chi connectivity index (χ2v) is 3.49. The van der Waals surface area contributed by atoms with E-state index in [-0.39, 0.29) is 6.61 Å². The van der Waals surface area contributed by atoms with Crippen LogP contribution in [0.1, 0.15) is 5.69 Å². The van der Waals surface area contributed by atoms with Crippen molar-refractivity contribution < 1.29 is 14.0 Å². The number of nitrogens with zero attached hydrogens (tertiary/aromatic N) is 1. The summed E-state index contributed by atoms with van der Waals surface area (Å²) in [6.45, 7) is -0.135. The summed E-state index contributed by atoms with van der Waals surface area (Å²) in [5.41, 5.74) is 1.30. The quantitative estimate of drug-likeness (QED) is 0.713. The Morgan fingerprint density at radius 3 is 2.75 bits per heavy atom. The van der Waals surface area contributed by atoms with Crippen LogP contribution in [0.15, 0.2) is 45.3 Å². The highest BCUT2D eigenvalue weighted by molar-refractivity contribution is 5.81. The normalized spacial score (nSPS) is 11.1. The first-order chi connectivity index (χ1) is 7.86. The first kappa shape index (κ1) is 9.18. The minimum atomic E-state index is -0.135. The molecule has 0 aliphatic carbocycles. The Kier molecular flexibility index (Phi) is 2.01. The molecule has 4 nitrogen and oxygen atoms in total. The molecule has 0 bridgehead atoms. The van der Waals surface area contributed by atoms with Crippen molar-refractivity contribution in [3.63, 3.8) is 0 Å². The highest BCUT2D eigenvalue weighted by Gasteiger charge is 2.11. The van der Waals surface area contributed by atoms with Gasteiger partial charge in [0.15, 0.2) is 5.76 Å². The number of rotatable bonds is 2. The summed E-state index contributed by atoms with van der Waals surface area (Å²) in [5, 5.41) is 13.6. The topological polar surface area (TPSA) is 59.4 Å². The lowest BCUT2D eigenvalue weighted by Crippen LogP contribution is -1.78. The molecule has 80 valence electrons. The molecule has 3 rings (SSSR count). The largest absolute Gasteiger partial charge is 0.453 e. The van der Waals surface area contributed by atoms with Gasteiger partial charge in [-0.15, -0.1) is 0 Å². The highest BCUT2D eigenvalue weighted by Crippen LogP contribution is 2.27. The number of furan rings is 1. The molecule has 0 saturated carbocycles. The van der Waals surface area contributed by atoms with Crippen LogP contribution in [0.25, 0.3) is 22.5 Å². The first-order valence-electron chi connectivity index (χ1n) is 4.92. The Balaban J connectivity index is 2.11. The fourth-order valence-electron chi connectivity index (χ4n) is 1.61. The number of benzene rings is 1. The van der Waals surface area contributed by atoms with Crippen LogP contribution < -0.4 is 0 Å². The van der Waals surface area contributed by atoms with Crippen molar-refractivity contribution in [1.82, 2.24) is 5.16 Å². The van der Waals surface area contributed by atoms with Crippen molar-refractivity contribution in [2.24, 2.45) is 0 Å². The Bertz CT molecular complexity index is 591. The van der Waals surface area contributed by atoms with Crippen LogP contribution >= 0.6 is 0 Å². The smallest absolute Gasteiger partial charge is 0.202 e. The molecule has 2 aromatic heterocycles. The summed E-state index contributed by atoms with van der Waals surface area (Å²) in [5.74, 6) is 1.15. The molecule has 1 aromatic carbocycles. The monoisotopic (exact) mass is 215 g/mol. The van der Waals surface area contributed by atoms with Crippen molar-refractivity contribution in [3.05, 3.63) is 42.1 Å². The molecule has 0 radical (unpaired) electrons. The van der Waals surface area contributed by atoms with E-state index in [4.69, 9.17) is 14.0 Å². The average Bonchev–Trinajstić information content (AvgIpc) is 2.95. The van der Waals surface area contributed by atoms with E-state index in [1.54, 1.807) is 6.07 Å². The van der Waals surface area contributed by atoms with Crippen molar-refractivity contribution in [3.8, 4) is 11.5 Å². The van der Waals surface area contributed by atoms with Gasteiger partial charge in [-0.05, 0) is 12.1 Å². The zero-order valence-electron chi connectivity index (χ0n) is 8.38. The Labute approximate surface area is 91.1 Å². The molecule has 0 aliphatic heterocycles. The lowest BCUT2D eigenvalue weighted by Gasteiger charge is -1.85. The van der Waals surface area contributed by atoms with Crippen molar-refractivity contribution in [2.75, 3.05) is 0 Å². The summed E-state index contributed by atoms with van der Waals surface area (Å²) < 4.78 is 10.7. The van der Waals surface area contributed by atoms with Crippen LogP contribution in [0, 0.1) is 0 Å². The molecule has 1 N–H and O–H groups in total. The van der Waals surface area contributed by atoms with Gasteiger partial charge in [0.05, 0.1) is 6.61 Å². The summed E-state index contributed by atoms with van der Waals surface area (Å²) >= 11 is 0. The number of aliphatic hydroxyl groups excluding tert-OH is 1. The lowest BCUT2D eigenvalue weighted by atomic mass is 10.2. The Morgan fingerprint density at radius 1 is 1.12 bits per heavy atom. The molecular formula is C12H9NO3. The number of aliphatic hydroxyl groups is 1. The van der Waals surface area contributed by atoms with Gasteiger partial charge in [-0.25, -0.2) is 0 Å². The van der Waals surface area contributed by atoms with E-state index in [0.717, 1.165) is 11.0 Å². The molecule has 0 spiro atoms. The van der Waals surface area contributed by atoms with Gasteiger partial charge in [-0.3, -0.25) is 0 Å². The third-order valence-electron chi connectivity index (χ3n) is 2.39. The standard InChI is InChI=1S/C12H9NO3/c14-7-9-6-12(16-13-9)11-5-8-3-1-2-4-10(8)15-11/h1-6,14H,7H2. The average molecular weight is 215 g/mol. The zero-order valence-corrected chi connectivity index (χ0v) is 8.38. The maximum Gasteiger partial charge on any atom is 0.202 e. The number of hydrogen-bond donors (Lipinski definition) is 1. The predicted octanol–water partition coefficient (Wildman–Crippen LogP) is 2.58. The van der Waals surface area contributed by atoms with Crippen LogP contribution in [-0.4, -0.2) is 10.3 Å². The minimum absolute atomic E-state index is 0.135. The van der Waals surface area contributed by atoms with Gasteiger partial charge in [0.2, 0.25) is 5.76 Å². The van der Waals surface area contributed by atoms with Crippen LogP contribution in [-0.2, 0) is 6.61 Å². The van der Waals surface area contributed by atoms with E-state index in [2.05, 4.69) is 5.16 Å². The molecule has 4 heteroatoms. The second kappa shape index (κ2) is 3.50. The number of fused-ring (bicyclic) bond motifs is 1. The van der Waals surface area contributed by atoms with Gasteiger partial charge in [-0.1, -0.05) is 23.4 Å². The van der Waals surface area contributed by atoms with Crippen molar-refractivity contribution in [2.45, 2.75) is 6.61 Å². The van der Waals surface area contributed by atoms with E-state index in [1.807, 2.05) is 30.3 Å². The molecule has 3 aromatic rings. The van der Waals surface area contributed by atoms with Gasteiger partial charge >= 0.3 is 0 Å². The number of para-hydroxylation sites is 1. The molecule has 16 heavy (non-hydrogen) atoms. The Morgan fingerprint density at radius 2 is 2.00 bits per heavy atom. The van der Waals surface area contributed by atoms with Crippen LogP contribution in [0.5, 0.6) is 0 Å². The van der Waals surface area contributed by atoms with Crippen LogP contribution in [0.3, 0.4) is 0 Å². The van der Waals surface area contributed by atoms with Gasteiger partial charge in [-0.2, -0.15) is 0 Å². The molecule has 0 amide bonds. The molecule has 0 atom stereocenters. The molecule has 0 fully saturated rings. The fourth-order valence-corrected chi connectivity index (χ4v) is 1.61. The number of hydrogen-bond acceptors (Lipinski definition) is 4. The van der Waals surface area contributed by atoms with Crippen LogP contribution in [0.2, 0.25) is 0 Å². The predicted molar refractivity (Wildman–Crippen MR) is 57.6 cm³/mol. The second-order valence-electron chi connectivity index (χ2n) is 3.49. The molecule has 2 heterocycles. The van der Waals surface area contributed by atoms with E-state index in [1.165, 1.54) is 0 Å². The summed E-state index contributed by atoms with van der Waals surface area (Å²) in [4.78, 5) is 0. The van der Waals surface area contributed by atoms with Gasteiger partial charge in [0.25, 0.3) is 0 Å². The first-order valence-corrected chi connectivity index (χ1v) is 4.92. The molecule has 0 unspecified atom stereocenters. The zero-order chi connectivity index (χ0) is 11.0. The van der Waals surface area contributed by atoms with E-state index in [9.17, 15) is 0 Å². The third kappa shape index (κ3) is 1.40. The summed E-state index contributed by atoms with van der Waals surface area (Å²) in [6, 6.07) is 11.3. The maximum absolute atomic E-state index is 8.88. The molecule has 0 saturated heterocycles. The molecular weight excluding hydrogens is 206 g/mol. The lowest BCUT2D eigenvalue weighted by molar-refractivity contribution is 0.267. The number of aromatic nitrogens is 1. The summed E-state index contributed by atoms with van der Waals surface area (Å²) in [6.07, 6.45) is 0. The van der Waals surface area contributed by atoms with Gasteiger partial charge in [0, 0.05) is 11.5 Å². The Hall–Kier alpha value is -2.07. The maximum atomic E-state index is 8.88. The van der Waals surface area contributed by atoms with Crippen molar-refractivity contribution >= 4 is 11.0 Å². The minimum Gasteiger partial charge on any atom is -0.453 e. The summed E-state index contributed by atoms with van der Waals surface area (Å²) in [7, 11) is 0. The fraction of sp³-hybridized carbons (Fsp3) is 0.0833. The van der Waals surface area contributed by atoms with Gasteiger partial charge in [0.1, 0.15) is 11.3 Å². The highest BCUT2D eigenvalue weighted by atomic mass is 16.5.